The molecule has 0 radical (unpaired) electrons. The highest BCUT2D eigenvalue weighted by Gasteiger charge is 2.21. The van der Waals surface area contributed by atoms with E-state index in [9.17, 15) is 4.79 Å². The van der Waals surface area contributed by atoms with Gasteiger partial charge in [0.2, 0.25) is 5.91 Å². The summed E-state index contributed by atoms with van der Waals surface area (Å²) in [6.45, 7) is 1.86. The summed E-state index contributed by atoms with van der Waals surface area (Å²) < 4.78 is 1.77. The predicted octanol–water partition coefficient (Wildman–Crippen LogP) is 3.60. The van der Waals surface area contributed by atoms with E-state index in [1.807, 2.05) is 60.8 Å². The van der Waals surface area contributed by atoms with Gasteiger partial charge in [0.15, 0.2) is 11.6 Å². The van der Waals surface area contributed by atoms with Crippen molar-refractivity contribution in [2.45, 2.75) is 19.3 Å². The molecule has 5 rings (SSSR count). The smallest absolute Gasteiger partial charge is 0.230 e. The predicted molar refractivity (Wildman–Crippen MR) is 117 cm³/mol. The van der Waals surface area contributed by atoms with Crippen LogP contribution in [0.15, 0.2) is 67.0 Å². The highest BCUT2D eigenvalue weighted by Crippen LogP contribution is 2.28. The van der Waals surface area contributed by atoms with Crippen LogP contribution in [0.5, 0.6) is 0 Å². The molecule has 0 bridgehead atoms. The lowest BCUT2D eigenvalue weighted by molar-refractivity contribution is -0.115. The molecule has 4 aromatic rings. The van der Waals surface area contributed by atoms with E-state index in [4.69, 9.17) is 9.97 Å². The Morgan fingerprint density at radius 3 is 2.40 bits per heavy atom. The SMILES string of the molecule is O=C(Cc1cnn(-c2ccccc2)c1)Nc1nc2ccccc2nc1N1CCCC1. The van der Waals surface area contributed by atoms with Crippen LogP contribution >= 0.6 is 0 Å². The van der Waals surface area contributed by atoms with E-state index in [2.05, 4.69) is 15.3 Å². The van der Waals surface area contributed by atoms with E-state index in [0.717, 1.165) is 54.0 Å². The fourth-order valence-corrected chi connectivity index (χ4v) is 3.76. The van der Waals surface area contributed by atoms with Crippen molar-refractivity contribution in [1.29, 1.82) is 0 Å². The average molecular weight is 398 g/mol. The molecular formula is C23H22N6O. The van der Waals surface area contributed by atoms with Crippen LogP contribution in [0.2, 0.25) is 0 Å². The number of hydrogen-bond donors (Lipinski definition) is 1. The fourth-order valence-electron chi connectivity index (χ4n) is 3.76. The first-order valence-electron chi connectivity index (χ1n) is 10.2. The van der Waals surface area contributed by atoms with Crippen molar-refractivity contribution in [3.05, 3.63) is 72.6 Å². The maximum Gasteiger partial charge on any atom is 0.230 e. The Morgan fingerprint density at radius 1 is 0.933 bits per heavy atom. The lowest BCUT2D eigenvalue weighted by atomic mass is 10.2. The number of hydrogen-bond acceptors (Lipinski definition) is 5. The molecular weight excluding hydrogens is 376 g/mol. The summed E-state index contributed by atoms with van der Waals surface area (Å²) in [6, 6.07) is 17.6. The summed E-state index contributed by atoms with van der Waals surface area (Å²) in [4.78, 5) is 24.5. The third kappa shape index (κ3) is 3.74. The van der Waals surface area contributed by atoms with E-state index in [-0.39, 0.29) is 12.3 Å². The number of anilines is 2. The molecule has 0 unspecified atom stereocenters. The maximum absolute atomic E-state index is 12.8. The molecule has 2 aromatic heterocycles. The van der Waals surface area contributed by atoms with Crippen LogP contribution in [0.1, 0.15) is 18.4 Å². The molecule has 150 valence electrons. The molecule has 1 aliphatic heterocycles. The Kier molecular flexibility index (Phi) is 4.85. The summed E-state index contributed by atoms with van der Waals surface area (Å²) in [7, 11) is 0. The van der Waals surface area contributed by atoms with Crippen LogP contribution in [0.4, 0.5) is 11.6 Å². The average Bonchev–Trinajstić information content (AvgIpc) is 3.46. The van der Waals surface area contributed by atoms with Crippen LogP contribution in [0.25, 0.3) is 16.7 Å². The summed E-state index contributed by atoms with van der Waals surface area (Å²) in [5.74, 6) is 1.14. The second-order valence-corrected chi connectivity index (χ2v) is 7.43. The Labute approximate surface area is 174 Å². The molecule has 1 saturated heterocycles. The molecule has 7 heteroatoms. The van der Waals surface area contributed by atoms with Crippen LogP contribution in [-0.2, 0) is 11.2 Å². The van der Waals surface area contributed by atoms with Gasteiger partial charge in [0.1, 0.15) is 0 Å². The largest absolute Gasteiger partial charge is 0.354 e. The van der Waals surface area contributed by atoms with Gasteiger partial charge in [0.25, 0.3) is 0 Å². The Hall–Kier alpha value is -3.74. The molecule has 2 aromatic carbocycles. The fraction of sp³-hybridized carbons (Fsp3) is 0.217. The number of carbonyl (C=O) groups excluding carboxylic acids is 1. The summed E-state index contributed by atoms with van der Waals surface area (Å²) in [5, 5.41) is 7.35. The monoisotopic (exact) mass is 398 g/mol. The van der Waals surface area contributed by atoms with Gasteiger partial charge in [0, 0.05) is 19.3 Å². The van der Waals surface area contributed by atoms with Crippen molar-refractivity contribution in [1.82, 2.24) is 19.7 Å². The Morgan fingerprint density at radius 2 is 1.63 bits per heavy atom. The van der Waals surface area contributed by atoms with Crippen molar-refractivity contribution in [2.75, 3.05) is 23.3 Å². The van der Waals surface area contributed by atoms with E-state index < -0.39 is 0 Å². The number of nitrogens with one attached hydrogen (secondary N) is 1. The Balaban J connectivity index is 1.38. The van der Waals surface area contributed by atoms with Gasteiger partial charge in [-0.1, -0.05) is 30.3 Å². The third-order valence-electron chi connectivity index (χ3n) is 5.24. The van der Waals surface area contributed by atoms with E-state index in [0.29, 0.717) is 5.82 Å². The Bertz CT molecular complexity index is 1180. The number of nitrogens with zero attached hydrogens (tertiary/aromatic N) is 5. The maximum atomic E-state index is 12.8. The third-order valence-corrected chi connectivity index (χ3v) is 5.24. The zero-order valence-corrected chi connectivity index (χ0v) is 16.5. The quantitative estimate of drug-likeness (QED) is 0.556. The first-order chi connectivity index (χ1) is 14.8. The molecule has 1 fully saturated rings. The van der Waals surface area contributed by atoms with Crippen molar-refractivity contribution >= 4 is 28.6 Å². The van der Waals surface area contributed by atoms with Crippen molar-refractivity contribution < 1.29 is 4.79 Å². The van der Waals surface area contributed by atoms with E-state index in [1.165, 1.54) is 0 Å². The van der Waals surface area contributed by atoms with Gasteiger partial charge in [-0.05, 0) is 42.7 Å². The molecule has 0 spiro atoms. The zero-order valence-electron chi connectivity index (χ0n) is 16.5. The van der Waals surface area contributed by atoms with Gasteiger partial charge in [-0.15, -0.1) is 0 Å². The second kappa shape index (κ2) is 7.94. The van der Waals surface area contributed by atoms with Gasteiger partial charge in [-0.3, -0.25) is 4.79 Å². The lowest BCUT2D eigenvalue weighted by Crippen LogP contribution is -2.24. The first-order valence-corrected chi connectivity index (χ1v) is 10.2. The number of amides is 1. The molecule has 1 amide bonds. The molecule has 0 saturated carbocycles. The van der Waals surface area contributed by atoms with E-state index in [1.54, 1.807) is 10.9 Å². The number of aromatic nitrogens is 4. The summed E-state index contributed by atoms with van der Waals surface area (Å²) >= 11 is 0. The zero-order chi connectivity index (χ0) is 20.3. The summed E-state index contributed by atoms with van der Waals surface area (Å²) in [5.41, 5.74) is 3.41. The van der Waals surface area contributed by atoms with Crippen molar-refractivity contribution in [3.8, 4) is 5.69 Å². The summed E-state index contributed by atoms with van der Waals surface area (Å²) in [6.07, 6.45) is 6.07. The van der Waals surface area contributed by atoms with E-state index >= 15 is 0 Å². The lowest BCUT2D eigenvalue weighted by Gasteiger charge is -2.20. The molecule has 1 aliphatic rings. The topological polar surface area (TPSA) is 75.9 Å². The highest BCUT2D eigenvalue weighted by molar-refractivity contribution is 5.95. The van der Waals surface area contributed by atoms with Crippen LogP contribution in [-0.4, -0.2) is 38.7 Å². The van der Waals surface area contributed by atoms with Crippen LogP contribution < -0.4 is 10.2 Å². The molecule has 30 heavy (non-hydrogen) atoms. The standard InChI is InChI=1S/C23H22N6O/c30-21(14-17-15-24-29(16-17)18-8-2-1-3-9-18)27-22-23(28-12-6-7-13-28)26-20-11-5-4-10-19(20)25-22/h1-5,8-11,15-16H,6-7,12-14H2,(H,25,27,30). The molecule has 3 heterocycles. The van der Waals surface area contributed by atoms with Crippen molar-refractivity contribution in [3.63, 3.8) is 0 Å². The van der Waals surface area contributed by atoms with Gasteiger partial charge in [-0.25, -0.2) is 14.6 Å². The van der Waals surface area contributed by atoms with Crippen molar-refractivity contribution in [2.24, 2.45) is 0 Å². The van der Waals surface area contributed by atoms with Gasteiger partial charge < -0.3 is 10.2 Å². The van der Waals surface area contributed by atoms with Crippen LogP contribution in [0, 0.1) is 0 Å². The minimum atomic E-state index is -0.132. The second-order valence-electron chi connectivity index (χ2n) is 7.43. The molecule has 1 N–H and O–H groups in total. The normalized spacial score (nSPS) is 13.7. The number of benzene rings is 2. The van der Waals surface area contributed by atoms with Gasteiger partial charge in [0.05, 0.1) is 29.3 Å². The minimum absolute atomic E-state index is 0.132. The first kappa shape index (κ1) is 18.3. The molecule has 7 nitrogen and oxygen atoms in total. The number of rotatable bonds is 5. The van der Waals surface area contributed by atoms with Crippen LogP contribution in [0.3, 0.4) is 0 Å². The number of carbonyl (C=O) groups is 1. The minimum Gasteiger partial charge on any atom is -0.354 e. The highest BCUT2D eigenvalue weighted by atomic mass is 16.1. The van der Waals surface area contributed by atoms with Gasteiger partial charge in [-0.2, -0.15) is 5.10 Å². The molecule has 0 atom stereocenters. The number of para-hydroxylation sites is 3. The molecule has 0 aliphatic carbocycles. The number of fused-ring (bicyclic) bond motifs is 1. The van der Waals surface area contributed by atoms with Gasteiger partial charge >= 0.3 is 0 Å².